The highest BCUT2D eigenvalue weighted by atomic mass is 16.5. The number of pyridine rings is 1. The molecule has 2 saturated heterocycles. The van der Waals surface area contributed by atoms with Crippen molar-refractivity contribution in [2.75, 3.05) is 69.7 Å². The number of ether oxygens (including phenoxy) is 1. The van der Waals surface area contributed by atoms with Crippen molar-refractivity contribution in [2.45, 2.75) is 6.42 Å². The summed E-state index contributed by atoms with van der Waals surface area (Å²) < 4.78 is 4.82. The van der Waals surface area contributed by atoms with E-state index >= 15 is 0 Å². The topological polar surface area (TPSA) is 107 Å². The van der Waals surface area contributed by atoms with Crippen molar-refractivity contribution in [3.8, 4) is 0 Å². The van der Waals surface area contributed by atoms with E-state index in [0.29, 0.717) is 56.1 Å². The molecule has 180 valence electrons. The van der Waals surface area contributed by atoms with E-state index in [9.17, 15) is 14.4 Å². The van der Waals surface area contributed by atoms with Crippen LogP contribution in [0.3, 0.4) is 0 Å². The summed E-state index contributed by atoms with van der Waals surface area (Å²) in [6.07, 6.45) is 3.67. The summed E-state index contributed by atoms with van der Waals surface area (Å²) in [6, 6.07) is 8.82. The number of nitrogens with zero attached hydrogens (tertiary/aromatic N) is 4. The number of nitrogens with one attached hydrogen (secondary N) is 2. The number of carbonyl (C=O) groups excluding carboxylic acids is 3. The summed E-state index contributed by atoms with van der Waals surface area (Å²) in [5.41, 5.74) is 2.31. The Morgan fingerprint density at radius 2 is 1.79 bits per heavy atom. The Labute approximate surface area is 198 Å². The predicted octanol–water partition coefficient (Wildman–Crippen LogP) is 1.66. The lowest BCUT2D eigenvalue weighted by molar-refractivity contribution is 0.0766. The molecule has 0 spiro atoms. The van der Waals surface area contributed by atoms with Crippen LogP contribution >= 0.6 is 0 Å². The van der Waals surface area contributed by atoms with Crippen LogP contribution in [0.4, 0.5) is 16.2 Å². The van der Waals surface area contributed by atoms with Gasteiger partial charge in [-0.25, -0.2) is 4.79 Å². The van der Waals surface area contributed by atoms with Gasteiger partial charge >= 0.3 is 6.09 Å². The monoisotopic (exact) mass is 466 g/mol. The van der Waals surface area contributed by atoms with Gasteiger partial charge in [0, 0.05) is 63.8 Å². The molecule has 0 atom stereocenters. The third-order valence-electron chi connectivity index (χ3n) is 6.10. The van der Waals surface area contributed by atoms with E-state index in [1.165, 1.54) is 13.3 Å². The van der Waals surface area contributed by atoms with Gasteiger partial charge in [-0.1, -0.05) is 0 Å². The zero-order valence-corrected chi connectivity index (χ0v) is 19.3. The van der Waals surface area contributed by atoms with E-state index in [1.807, 2.05) is 17.0 Å². The molecular formula is C24H30N6O4. The maximum Gasteiger partial charge on any atom is 0.409 e. The lowest BCUT2D eigenvalue weighted by atomic mass is 10.1. The van der Waals surface area contributed by atoms with Gasteiger partial charge < -0.3 is 30.1 Å². The van der Waals surface area contributed by atoms with Crippen LogP contribution in [-0.2, 0) is 4.74 Å². The fourth-order valence-electron chi connectivity index (χ4n) is 4.23. The van der Waals surface area contributed by atoms with Crippen molar-refractivity contribution in [1.82, 2.24) is 20.1 Å². The van der Waals surface area contributed by atoms with E-state index in [2.05, 4.69) is 20.5 Å². The second-order valence-electron chi connectivity index (χ2n) is 8.27. The number of amides is 3. The number of hydrogen-bond donors (Lipinski definition) is 2. The Bertz CT molecular complexity index is 1020. The lowest BCUT2D eigenvalue weighted by Crippen LogP contribution is -2.49. The zero-order valence-electron chi connectivity index (χ0n) is 19.3. The quantitative estimate of drug-likeness (QED) is 0.706. The molecule has 2 fully saturated rings. The predicted molar refractivity (Wildman–Crippen MR) is 128 cm³/mol. The van der Waals surface area contributed by atoms with Gasteiger partial charge in [0.25, 0.3) is 11.8 Å². The van der Waals surface area contributed by atoms with Gasteiger partial charge in [-0.3, -0.25) is 14.6 Å². The van der Waals surface area contributed by atoms with Gasteiger partial charge in [0.15, 0.2) is 0 Å². The number of rotatable bonds is 4. The van der Waals surface area contributed by atoms with Crippen molar-refractivity contribution in [3.63, 3.8) is 0 Å². The molecule has 2 aliphatic heterocycles. The third kappa shape index (κ3) is 5.45. The minimum Gasteiger partial charge on any atom is -0.453 e. The summed E-state index contributed by atoms with van der Waals surface area (Å²) in [7, 11) is 1.37. The maximum absolute atomic E-state index is 13.2. The van der Waals surface area contributed by atoms with E-state index in [-0.39, 0.29) is 17.9 Å². The summed E-state index contributed by atoms with van der Waals surface area (Å²) in [4.78, 5) is 47.6. The van der Waals surface area contributed by atoms with Gasteiger partial charge in [0.1, 0.15) is 0 Å². The van der Waals surface area contributed by atoms with Gasteiger partial charge in [0.05, 0.1) is 24.0 Å². The molecule has 2 aromatic rings. The molecule has 1 aromatic heterocycles. The van der Waals surface area contributed by atoms with Gasteiger partial charge in [-0.15, -0.1) is 0 Å². The van der Waals surface area contributed by atoms with Gasteiger partial charge in [0.2, 0.25) is 0 Å². The number of anilines is 2. The van der Waals surface area contributed by atoms with E-state index in [1.54, 1.807) is 29.3 Å². The largest absolute Gasteiger partial charge is 0.453 e. The zero-order chi connectivity index (χ0) is 23.9. The fourth-order valence-corrected chi connectivity index (χ4v) is 4.23. The SMILES string of the molecule is COC(=O)N1CCN(c2ccc(C(=O)N3CCCNCC3)cc2NC(=O)c2cccnc2)CC1. The van der Waals surface area contributed by atoms with Crippen LogP contribution in [-0.4, -0.2) is 92.2 Å². The third-order valence-corrected chi connectivity index (χ3v) is 6.10. The standard InChI is InChI=1S/C24H30N6O4/c1-34-24(33)30-14-12-28(13-15-30)21-6-5-18(23(32)29-10-3-8-25-9-11-29)16-20(21)27-22(31)19-4-2-7-26-17-19/h2,4-7,16-17,25H,3,8-15H2,1H3,(H,27,31). The number of aromatic nitrogens is 1. The molecular weight excluding hydrogens is 436 g/mol. The minimum absolute atomic E-state index is 0.0531. The van der Waals surface area contributed by atoms with Crippen LogP contribution in [0.15, 0.2) is 42.7 Å². The molecule has 10 heteroatoms. The molecule has 34 heavy (non-hydrogen) atoms. The van der Waals surface area contributed by atoms with Crippen LogP contribution in [0.5, 0.6) is 0 Å². The van der Waals surface area contributed by atoms with Crippen molar-refractivity contribution in [3.05, 3.63) is 53.9 Å². The Morgan fingerprint density at radius 3 is 2.53 bits per heavy atom. The first-order valence-electron chi connectivity index (χ1n) is 11.5. The van der Waals surface area contributed by atoms with Crippen molar-refractivity contribution >= 4 is 29.3 Å². The molecule has 10 nitrogen and oxygen atoms in total. The molecule has 0 aliphatic carbocycles. The number of carbonyl (C=O) groups is 3. The first-order chi connectivity index (χ1) is 16.6. The Morgan fingerprint density at radius 1 is 0.971 bits per heavy atom. The normalized spacial score (nSPS) is 16.6. The lowest BCUT2D eigenvalue weighted by Gasteiger charge is -2.36. The highest BCUT2D eigenvalue weighted by Gasteiger charge is 2.25. The number of benzene rings is 1. The molecule has 0 bridgehead atoms. The van der Waals surface area contributed by atoms with E-state index in [4.69, 9.17) is 4.74 Å². The van der Waals surface area contributed by atoms with Crippen LogP contribution in [0.2, 0.25) is 0 Å². The van der Waals surface area contributed by atoms with Crippen molar-refractivity contribution in [1.29, 1.82) is 0 Å². The van der Waals surface area contributed by atoms with Gasteiger partial charge in [-0.05, 0) is 43.3 Å². The maximum atomic E-state index is 13.2. The highest BCUT2D eigenvalue weighted by molar-refractivity contribution is 6.07. The average Bonchev–Trinajstić information content (AvgIpc) is 3.18. The van der Waals surface area contributed by atoms with E-state index in [0.717, 1.165) is 25.2 Å². The Balaban J connectivity index is 1.59. The van der Waals surface area contributed by atoms with Crippen LogP contribution < -0.4 is 15.5 Å². The van der Waals surface area contributed by atoms with Crippen LogP contribution in [0.25, 0.3) is 0 Å². The fraction of sp³-hybridized carbons (Fsp3) is 0.417. The van der Waals surface area contributed by atoms with Gasteiger partial charge in [-0.2, -0.15) is 0 Å². The molecule has 3 amide bonds. The average molecular weight is 467 g/mol. The summed E-state index contributed by atoms with van der Waals surface area (Å²) in [6.45, 7) is 5.17. The molecule has 0 radical (unpaired) electrons. The molecule has 1 aromatic carbocycles. The number of hydrogen-bond acceptors (Lipinski definition) is 7. The second kappa shape index (κ2) is 11.0. The van der Waals surface area contributed by atoms with Crippen LogP contribution in [0, 0.1) is 0 Å². The van der Waals surface area contributed by atoms with Crippen LogP contribution in [0.1, 0.15) is 27.1 Å². The summed E-state index contributed by atoms with van der Waals surface area (Å²) in [5.74, 6) is -0.353. The van der Waals surface area contributed by atoms with E-state index < -0.39 is 0 Å². The number of piperazine rings is 1. The Kier molecular flexibility index (Phi) is 7.58. The Hall–Kier alpha value is -3.66. The highest BCUT2D eigenvalue weighted by Crippen LogP contribution is 2.29. The number of methoxy groups -OCH3 is 1. The minimum atomic E-state index is -0.349. The molecule has 3 heterocycles. The summed E-state index contributed by atoms with van der Waals surface area (Å²) >= 11 is 0. The molecule has 0 saturated carbocycles. The first-order valence-corrected chi connectivity index (χ1v) is 11.5. The molecule has 2 aliphatic rings. The molecule has 4 rings (SSSR count). The smallest absolute Gasteiger partial charge is 0.409 e. The van der Waals surface area contributed by atoms with Crippen molar-refractivity contribution in [2.24, 2.45) is 0 Å². The van der Waals surface area contributed by atoms with Crippen molar-refractivity contribution < 1.29 is 19.1 Å². The second-order valence-corrected chi connectivity index (χ2v) is 8.27. The molecule has 2 N–H and O–H groups in total. The summed E-state index contributed by atoms with van der Waals surface area (Å²) in [5, 5.41) is 6.28. The first kappa shape index (κ1) is 23.5. The molecule has 0 unspecified atom stereocenters.